The lowest BCUT2D eigenvalue weighted by Gasteiger charge is -2.12. The molecule has 5 rings (SSSR count). The molecule has 4 aromatic rings. The second-order valence-corrected chi connectivity index (χ2v) is 7.10. The van der Waals surface area contributed by atoms with Gasteiger partial charge in [-0.3, -0.25) is 10.1 Å². The van der Waals surface area contributed by atoms with Gasteiger partial charge in [0.15, 0.2) is 5.65 Å². The van der Waals surface area contributed by atoms with Crippen molar-refractivity contribution in [2.75, 3.05) is 0 Å². The maximum Gasteiger partial charge on any atom is 0.269 e. The third-order valence-electron chi connectivity index (χ3n) is 5.38. The van der Waals surface area contributed by atoms with E-state index in [-0.39, 0.29) is 10.6 Å². The summed E-state index contributed by atoms with van der Waals surface area (Å²) in [6.45, 7) is 2.00. The molecular weight excluding hydrogens is 352 g/mol. The fourth-order valence-electron chi connectivity index (χ4n) is 4.13. The number of nitrogens with zero attached hydrogens (tertiary/aromatic N) is 4. The molecule has 0 fully saturated rings. The van der Waals surface area contributed by atoms with Gasteiger partial charge in [-0.05, 0) is 67.1 Å². The maximum absolute atomic E-state index is 11.0. The first kappa shape index (κ1) is 16.6. The highest BCUT2D eigenvalue weighted by atomic mass is 16.6. The maximum atomic E-state index is 11.0. The molecule has 0 saturated heterocycles. The molecule has 0 aliphatic heterocycles. The van der Waals surface area contributed by atoms with E-state index in [1.54, 1.807) is 12.1 Å². The summed E-state index contributed by atoms with van der Waals surface area (Å²) in [4.78, 5) is 15.7. The van der Waals surface area contributed by atoms with E-state index >= 15 is 0 Å². The van der Waals surface area contributed by atoms with Gasteiger partial charge in [0.25, 0.3) is 5.69 Å². The molecule has 1 aliphatic carbocycles. The molecule has 1 aliphatic rings. The summed E-state index contributed by atoms with van der Waals surface area (Å²) >= 11 is 0. The second-order valence-electron chi connectivity index (χ2n) is 7.10. The number of hydrogen-bond acceptors (Lipinski definition) is 4. The Labute approximate surface area is 161 Å². The Morgan fingerprint density at radius 3 is 2.50 bits per heavy atom. The van der Waals surface area contributed by atoms with Crippen LogP contribution in [0.3, 0.4) is 0 Å². The van der Waals surface area contributed by atoms with Crippen LogP contribution in [0.25, 0.3) is 27.8 Å². The van der Waals surface area contributed by atoms with Crippen LogP contribution in [0, 0.1) is 17.0 Å². The molecule has 0 unspecified atom stereocenters. The first-order chi connectivity index (χ1) is 13.6. The van der Waals surface area contributed by atoms with Gasteiger partial charge in [0.1, 0.15) is 0 Å². The van der Waals surface area contributed by atoms with Crippen molar-refractivity contribution in [1.82, 2.24) is 14.8 Å². The van der Waals surface area contributed by atoms with Gasteiger partial charge in [0.2, 0.25) is 0 Å². The van der Waals surface area contributed by atoms with Crippen LogP contribution < -0.4 is 0 Å². The number of non-ortho nitro benzene ring substituents is 1. The molecule has 0 amide bonds. The fraction of sp³-hybridized carbons (Fsp3) is 0.182. The van der Waals surface area contributed by atoms with Crippen molar-refractivity contribution in [3.8, 4) is 16.8 Å². The van der Waals surface area contributed by atoms with Crippen LogP contribution in [-0.4, -0.2) is 19.7 Å². The Kier molecular flexibility index (Phi) is 3.72. The number of benzene rings is 2. The number of hydrogen-bond donors (Lipinski definition) is 0. The van der Waals surface area contributed by atoms with E-state index in [1.807, 2.05) is 54.1 Å². The van der Waals surface area contributed by atoms with Crippen molar-refractivity contribution in [2.24, 2.45) is 0 Å². The van der Waals surface area contributed by atoms with Crippen LogP contribution in [0.2, 0.25) is 0 Å². The standard InChI is InChI=1S/C22H18N4O2/c1-14-20-21(15-10-12-17(13-11-15)26(27)28)18-8-5-9-19(18)23-22(20)25(24-14)16-6-3-2-4-7-16/h2-4,6-7,10-13H,5,8-9H2,1H3. The zero-order valence-electron chi connectivity index (χ0n) is 15.4. The molecule has 0 radical (unpaired) electrons. The third kappa shape index (κ3) is 2.49. The van der Waals surface area contributed by atoms with E-state index in [0.29, 0.717) is 0 Å². The zero-order chi connectivity index (χ0) is 19.3. The molecule has 6 heteroatoms. The number of rotatable bonds is 3. The van der Waals surface area contributed by atoms with Crippen LogP contribution in [0.1, 0.15) is 23.4 Å². The molecule has 28 heavy (non-hydrogen) atoms. The summed E-state index contributed by atoms with van der Waals surface area (Å²) in [6.07, 6.45) is 3.00. The number of fused-ring (bicyclic) bond motifs is 2. The van der Waals surface area contributed by atoms with Crippen LogP contribution in [0.4, 0.5) is 5.69 Å². The molecule has 0 atom stereocenters. The van der Waals surface area contributed by atoms with Crippen molar-refractivity contribution in [3.05, 3.63) is 81.7 Å². The predicted molar refractivity (Wildman–Crippen MR) is 108 cm³/mol. The minimum Gasteiger partial charge on any atom is -0.258 e. The first-order valence-corrected chi connectivity index (χ1v) is 9.35. The Bertz CT molecular complexity index is 1210. The van der Waals surface area contributed by atoms with Gasteiger partial charge in [-0.25, -0.2) is 9.67 Å². The number of pyridine rings is 1. The second kappa shape index (κ2) is 6.27. The fourth-order valence-corrected chi connectivity index (χ4v) is 4.13. The Morgan fingerprint density at radius 2 is 1.79 bits per heavy atom. The number of aromatic nitrogens is 3. The monoisotopic (exact) mass is 370 g/mol. The molecule has 0 saturated carbocycles. The number of aryl methyl sites for hydroxylation is 2. The molecule has 0 spiro atoms. The highest BCUT2D eigenvalue weighted by Gasteiger charge is 2.25. The van der Waals surface area contributed by atoms with Crippen LogP contribution in [0.15, 0.2) is 54.6 Å². The van der Waals surface area contributed by atoms with Crippen molar-refractivity contribution in [2.45, 2.75) is 26.2 Å². The summed E-state index contributed by atoms with van der Waals surface area (Å²) in [6, 6.07) is 16.8. The Morgan fingerprint density at radius 1 is 1.04 bits per heavy atom. The average Bonchev–Trinajstić information content (AvgIpc) is 3.32. The van der Waals surface area contributed by atoms with Crippen LogP contribution >= 0.6 is 0 Å². The van der Waals surface area contributed by atoms with E-state index in [0.717, 1.165) is 58.5 Å². The number of nitro groups is 1. The molecule has 0 N–H and O–H groups in total. The topological polar surface area (TPSA) is 73.8 Å². The lowest BCUT2D eigenvalue weighted by atomic mass is 9.95. The third-order valence-corrected chi connectivity index (χ3v) is 5.38. The van der Waals surface area contributed by atoms with Gasteiger partial charge < -0.3 is 0 Å². The minimum atomic E-state index is -0.366. The first-order valence-electron chi connectivity index (χ1n) is 9.35. The average molecular weight is 370 g/mol. The Hall–Kier alpha value is -3.54. The lowest BCUT2D eigenvalue weighted by Crippen LogP contribution is -2.00. The van der Waals surface area contributed by atoms with E-state index in [2.05, 4.69) is 0 Å². The van der Waals surface area contributed by atoms with Crippen molar-refractivity contribution >= 4 is 16.7 Å². The number of para-hydroxylation sites is 1. The molecule has 0 bridgehead atoms. The molecule has 138 valence electrons. The minimum absolute atomic E-state index is 0.0994. The molecular formula is C22H18N4O2. The summed E-state index contributed by atoms with van der Waals surface area (Å²) in [5.41, 5.74) is 7.28. The lowest BCUT2D eigenvalue weighted by molar-refractivity contribution is -0.384. The summed E-state index contributed by atoms with van der Waals surface area (Å²) in [5, 5.41) is 16.8. The summed E-state index contributed by atoms with van der Waals surface area (Å²) in [5.74, 6) is 0. The van der Waals surface area contributed by atoms with Crippen molar-refractivity contribution < 1.29 is 4.92 Å². The largest absolute Gasteiger partial charge is 0.269 e. The zero-order valence-corrected chi connectivity index (χ0v) is 15.4. The normalized spacial score (nSPS) is 13.0. The van der Waals surface area contributed by atoms with Gasteiger partial charge in [-0.2, -0.15) is 5.10 Å². The van der Waals surface area contributed by atoms with E-state index in [1.165, 1.54) is 5.56 Å². The van der Waals surface area contributed by atoms with Crippen molar-refractivity contribution in [3.63, 3.8) is 0 Å². The smallest absolute Gasteiger partial charge is 0.258 e. The highest BCUT2D eigenvalue weighted by Crippen LogP contribution is 2.39. The predicted octanol–water partition coefficient (Wildman–Crippen LogP) is 4.79. The van der Waals surface area contributed by atoms with Crippen molar-refractivity contribution in [1.29, 1.82) is 0 Å². The van der Waals surface area contributed by atoms with Gasteiger partial charge >= 0.3 is 0 Å². The van der Waals surface area contributed by atoms with Gasteiger partial charge in [0.05, 0.1) is 21.7 Å². The summed E-state index contributed by atoms with van der Waals surface area (Å²) in [7, 11) is 0. The molecule has 2 aromatic carbocycles. The van der Waals surface area contributed by atoms with E-state index in [4.69, 9.17) is 10.1 Å². The molecule has 6 nitrogen and oxygen atoms in total. The van der Waals surface area contributed by atoms with Crippen LogP contribution in [0.5, 0.6) is 0 Å². The number of nitro benzene ring substituents is 1. The highest BCUT2D eigenvalue weighted by molar-refractivity contribution is 5.98. The SMILES string of the molecule is Cc1nn(-c2ccccc2)c2nc3c(c(-c4ccc([N+](=O)[O-])cc4)c12)CCC3. The molecule has 2 heterocycles. The van der Waals surface area contributed by atoms with E-state index in [9.17, 15) is 10.1 Å². The Balaban J connectivity index is 1.81. The summed E-state index contributed by atoms with van der Waals surface area (Å²) < 4.78 is 1.90. The van der Waals surface area contributed by atoms with Crippen LogP contribution in [-0.2, 0) is 12.8 Å². The van der Waals surface area contributed by atoms with Gasteiger partial charge in [0, 0.05) is 17.8 Å². The quantitative estimate of drug-likeness (QED) is 0.384. The van der Waals surface area contributed by atoms with E-state index < -0.39 is 0 Å². The van der Waals surface area contributed by atoms with Gasteiger partial charge in [-0.15, -0.1) is 0 Å². The molecule has 2 aromatic heterocycles. The van der Waals surface area contributed by atoms with Gasteiger partial charge in [-0.1, -0.05) is 18.2 Å².